The van der Waals surface area contributed by atoms with E-state index in [0.717, 1.165) is 12.1 Å². The van der Waals surface area contributed by atoms with E-state index >= 15 is 0 Å². The minimum atomic E-state index is -2.54. The Hall–Kier alpha value is -1.43. The van der Waals surface area contributed by atoms with Gasteiger partial charge < -0.3 is 9.84 Å². The predicted molar refractivity (Wildman–Crippen MR) is 73.1 cm³/mol. The smallest absolute Gasteiger partial charge is 0.338 e. The molecule has 0 heterocycles. The number of carbonyl (C=O) groups is 1. The van der Waals surface area contributed by atoms with Crippen LogP contribution in [0.1, 0.15) is 29.6 Å². The Morgan fingerprint density at radius 1 is 1.36 bits per heavy atom. The minimum Gasteiger partial charge on any atom is -0.492 e. The molecule has 0 bridgehead atoms. The molecule has 2 aliphatic rings. The summed E-state index contributed by atoms with van der Waals surface area (Å²) >= 11 is 5.87. The molecule has 1 N–H and O–H groups in total. The van der Waals surface area contributed by atoms with Gasteiger partial charge in [0.2, 0.25) is 0 Å². The van der Waals surface area contributed by atoms with Crippen LogP contribution < -0.4 is 4.74 Å². The Morgan fingerprint density at radius 3 is 2.73 bits per heavy atom. The summed E-state index contributed by atoms with van der Waals surface area (Å²) in [4.78, 5) is 10.8. The molecule has 3 atom stereocenters. The van der Waals surface area contributed by atoms with E-state index < -0.39 is 35.1 Å². The molecular weight excluding hydrogens is 321 g/mol. The van der Waals surface area contributed by atoms with E-state index in [1.807, 2.05) is 0 Å². The summed E-state index contributed by atoms with van der Waals surface area (Å²) in [5.74, 6) is -5.93. The Bertz CT molecular complexity index is 620. The number of fused-ring (bicyclic) bond motifs is 1. The standard InChI is InChI=1S/C15H14ClF3O3/c16-11-4-8(14(20)21)12(17)5-13(11)22-6-7-1-2-9-10(3-7)15(9,18)19/h4-5,7,9-10H,1-3,6H2,(H,20,21). The lowest BCUT2D eigenvalue weighted by Crippen LogP contribution is -2.17. The van der Waals surface area contributed by atoms with Gasteiger partial charge in [0, 0.05) is 17.9 Å². The average molecular weight is 335 g/mol. The van der Waals surface area contributed by atoms with Crippen molar-refractivity contribution in [3.05, 3.63) is 28.5 Å². The summed E-state index contributed by atoms with van der Waals surface area (Å²) in [7, 11) is 0. The van der Waals surface area contributed by atoms with Crippen LogP contribution in [0, 0.1) is 23.6 Å². The quantitative estimate of drug-likeness (QED) is 0.896. The van der Waals surface area contributed by atoms with Gasteiger partial charge in [-0.25, -0.2) is 18.0 Å². The number of rotatable bonds is 4. The van der Waals surface area contributed by atoms with E-state index in [0.29, 0.717) is 19.3 Å². The summed E-state index contributed by atoms with van der Waals surface area (Å²) in [6.45, 7) is 0.172. The Morgan fingerprint density at radius 2 is 2.09 bits per heavy atom. The van der Waals surface area contributed by atoms with Crippen molar-refractivity contribution < 1.29 is 27.8 Å². The van der Waals surface area contributed by atoms with Crippen molar-refractivity contribution >= 4 is 17.6 Å². The largest absolute Gasteiger partial charge is 0.492 e. The molecule has 0 aliphatic heterocycles. The fourth-order valence-electron chi connectivity index (χ4n) is 3.23. The van der Waals surface area contributed by atoms with Crippen LogP contribution in [0.15, 0.2) is 12.1 Å². The van der Waals surface area contributed by atoms with Gasteiger partial charge in [-0.1, -0.05) is 11.6 Å². The number of carboxylic acid groups (broad SMARTS) is 1. The van der Waals surface area contributed by atoms with E-state index in [4.69, 9.17) is 21.4 Å². The maximum Gasteiger partial charge on any atom is 0.338 e. The van der Waals surface area contributed by atoms with Crippen molar-refractivity contribution in [1.29, 1.82) is 0 Å². The molecule has 0 spiro atoms. The lowest BCUT2D eigenvalue weighted by molar-refractivity contribution is 0.0691. The van der Waals surface area contributed by atoms with E-state index in [1.54, 1.807) is 0 Å². The number of ether oxygens (including phenoxy) is 1. The molecule has 1 aromatic carbocycles. The lowest BCUT2D eigenvalue weighted by Gasteiger charge is -2.20. The molecule has 3 nitrogen and oxygen atoms in total. The molecule has 0 saturated heterocycles. The zero-order valence-electron chi connectivity index (χ0n) is 11.5. The highest BCUT2D eigenvalue weighted by atomic mass is 35.5. The van der Waals surface area contributed by atoms with E-state index in [1.165, 1.54) is 0 Å². The second-order valence-electron chi connectivity index (χ2n) is 5.95. The normalized spacial score (nSPS) is 28.8. The topological polar surface area (TPSA) is 46.5 Å². The van der Waals surface area contributed by atoms with Gasteiger partial charge in [-0.05, 0) is 31.2 Å². The number of aromatic carboxylic acids is 1. The first-order valence-electron chi connectivity index (χ1n) is 7.03. The molecule has 0 radical (unpaired) electrons. The molecule has 1 aromatic rings. The zero-order valence-corrected chi connectivity index (χ0v) is 12.2. The van der Waals surface area contributed by atoms with Crippen LogP contribution in [-0.4, -0.2) is 23.6 Å². The van der Waals surface area contributed by atoms with Gasteiger partial charge in [-0.3, -0.25) is 0 Å². The molecule has 2 aliphatic carbocycles. The second-order valence-corrected chi connectivity index (χ2v) is 6.35. The Kier molecular flexibility index (Phi) is 3.75. The van der Waals surface area contributed by atoms with Crippen molar-refractivity contribution in [1.82, 2.24) is 0 Å². The van der Waals surface area contributed by atoms with Crippen LogP contribution in [0.2, 0.25) is 5.02 Å². The highest BCUT2D eigenvalue weighted by molar-refractivity contribution is 6.32. The third-order valence-corrected chi connectivity index (χ3v) is 4.86. The maximum atomic E-state index is 13.6. The predicted octanol–water partition coefficient (Wildman–Crippen LogP) is 4.24. The van der Waals surface area contributed by atoms with Crippen molar-refractivity contribution in [2.45, 2.75) is 25.2 Å². The van der Waals surface area contributed by atoms with Crippen LogP contribution in [0.4, 0.5) is 13.2 Å². The Balaban J connectivity index is 1.62. The van der Waals surface area contributed by atoms with E-state index in [2.05, 4.69) is 0 Å². The number of alkyl halides is 2. The summed E-state index contributed by atoms with van der Waals surface area (Å²) in [5, 5.41) is 8.78. The molecule has 2 fully saturated rings. The van der Waals surface area contributed by atoms with Crippen molar-refractivity contribution in [3.63, 3.8) is 0 Å². The number of halogens is 4. The second kappa shape index (κ2) is 5.33. The van der Waals surface area contributed by atoms with Gasteiger partial charge in [0.05, 0.1) is 17.2 Å². The molecule has 7 heteroatoms. The first kappa shape index (κ1) is 15.5. The van der Waals surface area contributed by atoms with Crippen molar-refractivity contribution in [2.24, 2.45) is 17.8 Å². The fraction of sp³-hybridized carbons (Fsp3) is 0.533. The van der Waals surface area contributed by atoms with Gasteiger partial charge in [0.15, 0.2) is 0 Å². The number of benzene rings is 1. The highest BCUT2D eigenvalue weighted by Gasteiger charge is 2.68. The van der Waals surface area contributed by atoms with Gasteiger partial charge in [0.25, 0.3) is 5.92 Å². The summed E-state index contributed by atoms with van der Waals surface area (Å²) < 4.78 is 45.6. The highest BCUT2D eigenvalue weighted by Crippen LogP contribution is 2.63. The van der Waals surface area contributed by atoms with E-state index in [-0.39, 0.29) is 23.3 Å². The minimum absolute atomic E-state index is 0.00997. The molecule has 120 valence electrons. The lowest BCUT2D eigenvalue weighted by atomic mass is 9.90. The summed E-state index contributed by atoms with van der Waals surface area (Å²) in [5.41, 5.74) is -0.532. The van der Waals surface area contributed by atoms with Crippen LogP contribution in [-0.2, 0) is 0 Å². The van der Waals surface area contributed by atoms with Gasteiger partial charge in [-0.15, -0.1) is 0 Å². The van der Waals surface area contributed by atoms with E-state index in [9.17, 15) is 18.0 Å². The van der Waals surface area contributed by atoms with Crippen LogP contribution in [0.25, 0.3) is 0 Å². The monoisotopic (exact) mass is 334 g/mol. The summed E-state index contributed by atoms with van der Waals surface area (Å²) in [6, 6.07) is 1.91. The molecule has 3 rings (SSSR count). The van der Waals surface area contributed by atoms with Gasteiger partial charge in [0.1, 0.15) is 11.6 Å². The number of hydrogen-bond donors (Lipinski definition) is 1. The molecule has 3 unspecified atom stereocenters. The zero-order chi connectivity index (χ0) is 16.1. The molecular formula is C15H14ClF3O3. The van der Waals surface area contributed by atoms with Crippen molar-refractivity contribution in [2.75, 3.05) is 6.61 Å². The van der Waals surface area contributed by atoms with Gasteiger partial charge in [-0.2, -0.15) is 0 Å². The van der Waals surface area contributed by atoms with Gasteiger partial charge >= 0.3 is 5.97 Å². The third kappa shape index (κ3) is 2.64. The molecule has 0 amide bonds. The van der Waals surface area contributed by atoms with Crippen LogP contribution >= 0.6 is 11.6 Å². The molecule has 2 saturated carbocycles. The van der Waals surface area contributed by atoms with Crippen LogP contribution in [0.5, 0.6) is 5.75 Å². The third-order valence-electron chi connectivity index (χ3n) is 4.57. The summed E-state index contributed by atoms with van der Waals surface area (Å²) in [6.07, 6.45) is 1.51. The number of hydrogen-bond acceptors (Lipinski definition) is 2. The van der Waals surface area contributed by atoms with Crippen molar-refractivity contribution in [3.8, 4) is 5.75 Å². The fourth-order valence-corrected chi connectivity index (χ4v) is 3.45. The first-order valence-corrected chi connectivity index (χ1v) is 7.41. The van der Waals surface area contributed by atoms with Crippen LogP contribution in [0.3, 0.4) is 0 Å². The first-order chi connectivity index (χ1) is 10.3. The maximum absolute atomic E-state index is 13.6. The molecule has 0 aromatic heterocycles. The Labute approximate surface area is 130 Å². The molecule has 22 heavy (non-hydrogen) atoms. The average Bonchev–Trinajstić information content (AvgIpc) is 3.00. The number of carboxylic acids is 1. The SMILES string of the molecule is O=C(O)c1cc(Cl)c(OCC2CCC3C(C2)C3(F)F)cc1F.